The van der Waals surface area contributed by atoms with E-state index in [0.717, 1.165) is 6.07 Å². The van der Waals surface area contributed by atoms with E-state index in [1.165, 1.54) is 12.5 Å². The average molecular weight is 427 g/mol. The monoisotopic (exact) mass is 427 g/mol. The molecule has 31 heavy (non-hydrogen) atoms. The van der Waals surface area contributed by atoms with Gasteiger partial charge in [0.15, 0.2) is 5.76 Å². The summed E-state index contributed by atoms with van der Waals surface area (Å²) in [5, 5.41) is 9.32. The summed E-state index contributed by atoms with van der Waals surface area (Å²) < 4.78 is 21.7. The number of carboxylic acids is 1. The number of aromatic nitrogens is 1. The zero-order valence-corrected chi connectivity index (χ0v) is 17.0. The maximum atomic E-state index is 14.9. The smallest absolute Gasteiger partial charge is 0.341 e. The minimum atomic E-state index is -1.33. The van der Waals surface area contributed by atoms with Gasteiger partial charge in [0.05, 0.1) is 24.0 Å². The first-order chi connectivity index (χ1) is 14.9. The summed E-state index contributed by atoms with van der Waals surface area (Å²) in [7, 11) is 0. The fraction of sp³-hybridized carbons (Fsp3) is 0.318. The first kappa shape index (κ1) is 20.8. The fourth-order valence-corrected chi connectivity index (χ4v) is 3.92. The number of carbonyl (C=O) groups excluding carboxylic acids is 1. The molecule has 162 valence electrons. The highest BCUT2D eigenvalue weighted by Gasteiger charge is 2.24. The molecule has 0 atom stereocenters. The minimum absolute atomic E-state index is 0.0469. The Bertz CT molecular complexity index is 1190. The van der Waals surface area contributed by atoms with Gasteiger partial charge in [-0.15, -0.1) is 0 Å². The van der Waals surface area contributed by atoms with Crippen molar-refractivity contribution < 1.29 is 23.5 Å². The molecule has 1 fully saturated rings. The van der Waals surface area contributed by atoms with E-state index in [1.807, 2.05) is 16.7 Å². The van der Waals surface area contributed by atoms with Crippen molar-refractivity contribution in [3.05, 3.63) is 64.1 Å². The molecule has 0 amide bonds. The van der Waals surface area contributed by atoms with E-state index in [4.69, 9.17) is 4.42 Å². The summed E-state index contributed by atoms with van der Waals surface area (Å²) in [6, 6.07) is 6.03. The molecule has 0 spiro atoms. The van der Waals surface area contributed by atoms with Gasteiger partial charge in [-0.25, -0.2) is 9.18 Å². The number of carboxylic acid groups (broad SMARTS) is 1. The Morgan fingerprint density at radius 3 is 2.55 bits per heavy atom. The van der Waals surface area contributed by atoms with Gasteiger partial charge in [0.1, 0.15) is 11.4 Å². The predicted molar refractivity (Wildman–Crippen MR) is 112 cm³/mol. The Hall–Kier alpha value is -3.46. The number of carbonyl (C=O) groups is 2. The van der Waals surface area contributed by atoms with Crippen LogP contribution in [0.3, 0.4) is 0 Å². The molecular weight excluding hydrogens is 405 g/mol. The Morgan fingerprint density at radius 1 is 1.19 bits per heavy atom. The normalized spacial score (nSPS) is 14.8. The molecule has 3 aromatic rings. The molecule has 1 aliphatic rings. The zero-order valence-electron chi connectivity index (χ0n) is 17.0. The Morgan fingerprint density at radius 2 is 1.94 bits per heavy atom. The number of rotatable bonds is 6. The number of anilines is 1. The molecule has 8 nitrogen and oxygen atoms in total. The Kier molecular flexibility index (Phi) is 5.60. The number of aryl methyl sites for hydroxylation is 1. The number of fused-ring (bicyclic) bond motifs is 1. The molecular formula is C22H22FN3O5. The molecule has 0 saturated carbocycles. The van der Waals surface area contributed by atoms with Crippen molar-refractivity contribution in [1.82, 2.24) is 9.47 Å². The number of halogens is 1. The van der Waals surface area contributed by atoms with E-state index in [1.54, 1.807) is 22.8 Å². The predicted octanol–water partition coefficient (Wildman–Crippen LogP) is 2.46. The second-order valence-electron chi connectivity index (χ2n) is 7.45. The number of hydrogen-bond donors (Lipinski definition) is 1. The molecule has 2 aromatic heterocycles. The highest BCUT2D eigenvalue weighted by Crippen LogP contribution is 2.26. The molecule has 4 rings (SSSR count). The number of piperazine rings is 1. The number of nitrogens with zero attached hydrogens (tertiary/aromatic N) is 3. The van der Waals surface area contributed by atoms with E-state index in [2.05, 4.69) is 0 Å². The number of Topliss-reactive ketones (excluding diaryl/α,β-unsaturated/α-hetero) is 1. The van der Waals surface area contributed by atoms with Crippen molar-refractivity contribution in [3.8, 4) is 0 Å². The molecule has 1 aliphatic heterocycles. The first-order valence-electron chi connectivity index (χ1n) is 10.0. The molecule has 3 heterocycles. The summed E-state index contributed by atoms with van der Waals surface area (Å²) in [5.74, 6) is -1.69. The fourth-order valence-electron chi connectivity index (χ4n) is 3.92. The van der Waals surface area contributed by atoms with Crippen LogP contribution in [-0.2, 0) is 6.54 Å². The van der Waals surface area contributed by atoms with Gasteiger partial charge in [0.25, 0.3) is 0 Å². The Labute approximate surface area is 177 Å². The summed E-state index contributed by atoms with van der Waals surface area (Å²) in [5.41, 5.74) is -0.228. The molecule has 1 saturated heterocycles. The van der Waals surface area contributed by atoms with Crippen molar-refractivity contribution in [3.63, 3.8) is 0 Å². The van der Waals surface area contributed by atoms with Crippen LogP contribution < -0.4 is 10.3 Å². The molecule has 1 aromatic carbocycles. The van der Waals surface area contributed by atoms with E-state index in [9.17, 15) is 23.9 Å². The molecule has 9 heteroatoms. The number of hydrogen-bond acceptors (Lipinski definition) is 6. The highest BCUT2D eigenvalue weighted by molar-refractivity contribution is 5.95. The SMILES string of the molecule is CCn1cc(C(=O)O)c(=O)c2cc(F)c(N3CCN(CC(=O)c4ccco4)CC3)cc21. The summed E-state index contributed by atoms with van der Waals surface area (Å²) in [6.45, 7) is 4.66. The van der Waals surface area contributed by atoms with Crippen LogP contribution in [0, 0.1) is 5.82 Å². The van der Waals surface area contributed by atoms with Gasteiger partial charge >= 0.3 is 5.97 Å². The largest absolute Gasteiger partial charge is 0.477 e. The van der Waals surface area contributed by atoms with Crippen LogP contribution in [0.15, 0.2) is 45.9 Å². The van der Waals surface area contributed by atoms with E-state index in [0.29, 0.717) is 49.7 Å². The molecule has 0 aliphatic carbocycles. The maximum Gasteiger partial charge on any atom is 0.341 e. The van der Waals surface area contributed by atoms with Gasteiger partial charge in [0.2, 0.25) is 11.2 Å². The zero-order chi connectivity index (χ0) is 22.1. The molecule has 0 unspecified atom stereocenters. The van der Waals surface area contributed by atoms with Crippen molar-refractivity contribution in [1.29, 1.82) is 0 Å². The minimum Gasteiger partial charge on any atom is -0.477 e. The van der Waals surface area contributed by atoms with Gasteiger partial charge in [-0.1, -0.05) is 0 Å². The molecule has 0 bridgehead atoms. The van der Waals surface area contributed by atoms with Crippen LogP contribution in [0.25, 0.3) is 10.9 Å². The van der Waals surface area contributed by atoms with Crippen LogP contribution >= 0.6 is 0 Å². The van der Waals surface area contributed by atoms with E-state index < -0.39 is 17.2 Å². The summed E-state index contributed by atoms with van der Waals surface area (Å²) in [6.07, 6.45) is 2.76. The first-order valence-corrected chi connectivity index (χ1v) is 10.0. The van der Waals surface area contributed by atoms with Crippen LogP contribution in [0.4, 0.5) is 10.1 Å². The van der Waals surface area contributed by atoms with Gasteiger partial charge in [-0.3, -0.25) is 14.5 Å². The third-order valence-corrected chi connectivity index (χ3v) is 5.60. The van der Waals surface area contributed by atoms with Gasteiger partial charge in [0, 0.05) is 44.3 Å². The lowest BCUT2D eigenvalue weighted by Gasteiger charge is -2.36. The van der Waals surface area contributed by atoms with Crippen molar-refractivity contribution >= 4 is 28.3 Å². The highest BCUT2D eigenvalue weighted by atomic mass is 19.1. The second-order valence-corrected chi connectivity index (χ2v) is 7.45. The van der Waals surface area contributed by atoms with Crippen molar-refractivity contribution in [2.24, 2.45) is 0 Å². The lowest BCUT2D eigenvalue weighted by Crippen LogP contribution is -2.48. The third kappa shape index (κ3) is 3.96. The van der Waals surface area contributed by atoms with Gasteiger partial charge in [-0.05, 0) is 31.2 Å². The van der Waals surface area contributed by atoms with E-state index >= 15 is 0 Å². The summed E-state index contributed by atoms with van der Waals surface area (Å²) in [4.78, 5) is 39.9. The van der Waals surface area contributed by atoms with Crippen molar-refractivity contribution in [2.75, 3.05) is 37.6 Å². The maximum absolute atomic E-state index is 14.9. The number of benzene rings is 1. The average Bonchev–Trinajstić information content (AvgIpc) is 3.30. The van der Waals surface area contributed by atoms with Crippen molar-refractivity contribution in [2.45, 2.75) is 13.5 Å². The number of furan rings is 1. The van der Waals surface area contributed by atoms with Crippen LogP contribution in [0.1, 0.15) is 27.8 Å². The molecule has 0 radical (unpaired) electrons. The van der Waals surface area contributed by atoms with Crippen LogP contribution in [0.2, 0.25) is 0 Å². The van der Waals surface area contributed by atoms with Gasteiger partial charge in [-0.2, -0.15) is 0 Å². The lowest BCUT2D eigenvalue weighted by molar-refractivity contribution is 0.0694. The van der Waals surface area contributed by atoms with E-state index in [-0.39, 0.29) is 23.3 Å². The lowest BCUT2D eigenvalue weighted by atomic mass is 10.1. The standard InChI is InChI=1S/C22H22FN3O5/c1-2-25-12-15(22(29)30)21(28)14-10-16(23)18(11-17(14)25)26-7-5-24(6-8-26)13-19(27)20-4-3-9-31-20/h3-4,9-12H,2,5-8,13H2,1H3,(H,29,30). The number of aromatic carboxylic acids is 1. The van der Waals surface area contributed by atoms with Crippen LogP contribution in [-0.4, -0.2) is 59.0 Å². The number of pyridine rings is 1. The Balaban J connectivity index is 1.57. The molecule has 1 N–H and O–H groups in total. The number of ketones is 1. The van der Waals surface area contributed by atoms with Gasteiger partial charge < -0.3 is 19.0 Å². The third-order valence-electron chi connectivity index (χ3n) is 5.60. The van der Waals surface area contributed by atoms with Crippen LogP contribution in [0.5, 0.6) is 0 Å². The topological polar surface area (TPSA) is 96.0 Å². The second kappa shape index (κ2) is 8.35. The summed E-state index contributed by atoms with van der Waals surface area (Å²) >= 11 is 0. The quantitative estimate of drug-likeness (QED) is 0.604.